The number of aliphatic hydroxyl groups excluding tert-OH is 1. The maximum absolute atomic E-state index is 12.0. The molecule has 2 rings (SSSR count). The molecule has 1 atom stereocenters. The fraction of sp³-hybridized carbons (Fsp3) is 0.308. The quantitative estimate of drug-likeness (QED) is 0.806. The molecule has 7 heteroatoms. The summed E-state index contributed by atoms with van der Waals surface area (Å²) in [6.07, 6.45) is 2.90. The maximum Gasteiger partial charge on any atom is 0.244 e. The molecule has 0 aliphatic rings. The van der Waals surface area contributed by atoms with Gasteiger partial charge in [0.15, 0.2) is 0 Å². The van der Waals surface area contributed by atoms with Gasteiger partial charge in [0.2, 0.25) is 5.91 Å². The Kier molecular flexibility index (Phi) is 4.87. The van der Waals surface area contributed by atoms with E-state index in [1.165, 1.54) is 28.7 Å². The van der Waals surface area contributed by atoms with Gasteiger partial charge in [-0.2, -0.15) is 5.10 Å². The van der Waals surface area contributed by atoms with Gasteiger partial charge >= 0.3 is 0 Å². The number of rotatable bonds is 4. The van der Waals surface area contributed by atoms with Gasteiger partial charge in [-0.15, -0.1) is 11.3 Å². The van der Waals surface area contributed by atoms with Gasteiger partial charge in [-0.25, -0.2) is 9.67 Å². The number of thiophene rings is 1. The van der Waals surface area contributed by atoms with Gasteiger partial charge in [-0.3, -0.25) is 4.79 Å². The van der Waals surface area contributed by atoms with Crippen molar-refractivity contribution < 1.29 is 9.90 Å². The standard InChI is InChI=1S/C13H14N4O2S/c1-10(17-9-14-8-16-17)13(19)15-7-12-11(3-2-5-18)4-6-20-12/h4,6,8-10,18H,5,7H2,1H3,(H,15,19). The molecular weight excluding hydrogens is 276 g/mol. The van der Waals surface area contributed by atoms with Crippen molar-refractivity contribution in [3.63, 3.8) is 0 Å². The summed E-state index contributed by atoms with van der Waals surface area (Å²) in [5, 5.41) is 17.4. The number of amides is 1. The number of hydrogen-bond donors (Lipinski definition) is 2. The summed E-state index contributed by atoms with van der Waals surface area (Å²) in [6, 6.07) is 1.46. The van der Waals surface area contributed by atoms with E-state index in [1.54, 1.807) is 6.92 Å². The summed E-state index contributed by atoms with van der Waals surface area (Å²) in [7, 11) is 0. The Morgan fingerprint density at radius 3 is 3.20 bits per heavy atom. The summed E-state index contributed by atoms with van der Waals surface area (Å²) >= 11 is 1.52. The number of carbonyl (C=O) groups is 1. The molecule has 2 aromatic rings. The molecule has 104 valence electrons. The first-order chi connectivity index (χ1) is 9.72. The Hall–Kier alpha value is -2.17. The highest BCUT2D eigenvalue weighted by atomic mass is 32.1. The van der Waals surface area contributed by atoms with Crippen LogP contribution < -0.4 is 5.32 Å². The van der Waals surface area contributed by atoms with E-state index in [9.17, 15) is 4.79 Å². The second-order valence-corrected chi connectivity index (χ2v) is 4.99. The largest absolute Gasteiger partial charge is 0.384 e. The van der Waals surface area contributed by atoms with Gasteiger partial charge in [0, 0.05) is 10.4 Å². The summed E-state index contributed by atoms with van der Waals surface area (Å²) < 4.78 is 1.50. The third kappa shape index (κ3) is 3.44. The molecule has 2 aromatic heterocycles. The van der Waals surface area contributed by atoms with Crippen LogP contribution in [0.15, 0.2) is 24.1 Å². The summed E-state index contributed by atoms with van der Waals surface area (Å²) in [5.74, 6) is 5.32. The van der Waals surface area contributed by atoms with Crippen LogP contribution in [0.25, 0.3) is 0 Å². The molecule has 0 spiro atoms. The molecule has 20 heavy (non-hydrogen) atoms. The zero-order valence-electron chi connectivity index (χ0n) is 10.9. The summed E-state index contributed by atoms with van der Waals surface area (Å²) in [6.45, 7) is 1.99. The minimum atomic E-state index is -0.413. The molecule has 1 unspecified atom stereocenters. The van der Waals surface area contributed by atoms with Crippen LogP contribution in [0.1, 0.15) is 23.4 Å². The van der Waals surface area contributed by atoms with Crippen LogP contribution in [0.2, 0.25) is 0 Å². The van der Waals surface area contributed by atoms with Crippen LogP contribution in [-0.4, -0.2) is 32.4 Å². The van der Waals surface area contributed by atoms with Crippen molar-refractivity contribution >= 4 is 17.2 Å². The molecule has 1 amide bonds. The van der Waals surface area contributed by atoms with Crippen molar-refractivity contribution in [3.05, 3.63) is 34.5 Å². The zero-order chi connectivity index (χ0) is 14.4. The first kappa shape index (κ1) is 14.2. The molecule has 0 aliphatic carbocycles. The molecule has 0 aromatic carbocycles. The van der Waals surface area contributed by atoms with E-state index in [0.717, 1.165) is 10.4 Å². The molecule has 0 fully saturated rings. The van der Waals surface area contributed by atoms with E-state index < -0.39 is 6.04 Å². The van der Waals surface area contributed by atoms with Crippen LogP contribution >= 0.6 is 11.3 Å². The zero-order valence-corrected chi connectivity index (χ0v) is 11.7. The van der Waals surface area contributed by atoms with Crippen molar-refractivity contribution in [2.45, 2.75) is 19.5 Å². The van der Waals surface area contributed by atoms with Gasteiger partial charge in [-0.1, -0.05) is 11.8 Å². The Morgan fingerprint density at radius 2 is 2.50 bits per heavy atom. The first-order valence-electron chi connectivity index (χ1n) is 6.00. The molecule has 2 N–H and O–H groups in total. The van der Waals surface area contributed by atoms with E-state index >= 15 is 0 Å². The molecule has 0 bridgehead atoms. The average molecular weight is 290 g/mol. The van der Waals surface area contributed by atoms with Gasteiger partial charge < -0.3 is 10.4 Å². The van der Waals surface area contributed by atoms with Crippen molar-refractivity contribution in [1.29, 1.82) is 0 Å². The van der Waals surface area contributed by atoms with Gasteiger partial charge in [-0.05, 0) is 18.4 Å². The molecule has 0 radical (unpaired) electrons. The van der Waals surface area contributed by atoms with Crippen LogP contribution in [0.3, 0.4) is 0 Å². The molecule has 2 heterocycles. The number of aromatic nitrogens is 3. The fourth-order valence-electron chi connectivity index (χ4n) is 1.58. The molecule has 0 saturated heterocycles. The third-order valence-electron chi connectivity index (χ3n) is 2.68. The third-order valence-corrected chi connectivity index (χ3v) is 3.60. The Labute approximate surface area is 120 Å². The maximum atomic E-state index is 12.0. The second-order valence-electron chi connectivity index (χ2n) is 3.99. The lowest BCUT2D eigenvalue weighted by Crippen LogP contribution is -2.30. The smallest absolute Gasteiger partial charge is 0.244 e. The lowest BCUT2D eigenvalue weighted by atomic mass is 10.2. The van der Waals surface area contributed by atoms with Crippen molar-refractivity contribution in [3.8, 4) is 11.8 Å². The van der Waals surface area contributed by atoms with Crippen molar-refractivity contribution in [2.75, 3.05) is 6.61 Å². The molecule has 0 aliphatic heterocycles. The first-order valence-corrected chi connectivity index (χ1v) is 6.88. The highest BCUT2D eigenvalue weighted by molar-refractivity contribution is 7.10. The Balaban J connectivity index is 1.95. The lowest BCUT2D eigenvalue weighted by Gasteiger charge is -2.11. The molecular formula is C13H14N4O2S. The Bertz CT molecular complexity index is 624. The minimum Gasteiger partial charge on any atom is -0.384 e. The molecule has 0 saturated carbocycles. The van der Waals surface area contributed by atoms with Gasteiger partial charge in [0.1, 0.15) is 25.3 Å². The number of carbonyl (C=O) groups excluding carboxylic acids is 1. The number of hydrogen-bond acceptors (Lipinski definition) is 5. The second kappa shape index (κ2) is 6.84. The fourth-order valence-corrected chi connectivity index (χ4v) is 2.35. The van der Waals surface area contributed by atoms with Crippen LogP contribution in [0, 0.1) is 11.8 Å². The lowest BCUT2D eigenvalue weighted by molar-refractivity contribution is -0.124. The minimum absolute atomic E-state index is 0.134. The van der Waals surface area contributed by atoms with Crippen LogP contribution in [-0.2, 0) is 11.3 Å². The topological polar surface area (TPSA) is 80.0 Å². The average Bonchev–Trinajstić information content (AvgIpc) is 3.12. The van der Waals surface area contributed by atoms with Gasteiger partial charge in [0.25, 0.3) is 0 Å². The molecule has 6 nitrogen and oxygen atoms in total. The van der Waals surface area contributed by atoms with Gasteiger partial charge in [0.05, 0.1) is 6.54 Å². The number of aliphatic hydroxyl groups is 1. The number of nitrogens with one attached hydrogen (secondary N) is 1. The van der Waals surface area contributed by atoms with Crippen molar-refractivity contribution in [1.82, 2.24) is 20.1 Å². The predicted molar refractivity (Wildman–Crippen MR) is 74.9 cm³/mol. The SMILES string of the molecule is CC(C(=O)NCc1sccc1C#CCO)n1cncn1. The highest BCUT2D eigenvalue weighted by Crippen LogP contribution is 2.15. The summed E-state index contributed by atoms with van der Waals surface area (Å²) in [5.41, 5.74) is 0.831. The highest BCUT2D eigenvalue weighted by Gasteiger charge is 2.15. The van der Waals surface area contributed by atoms with E-state index in [0.29, 0.717) is 6.54 Å². The normalized spacial score (nSPS) is 11.5. The van der Waals surface area contributed by atoms with E-state index in [2.05, 4.69) is 27.2 Å². The monoisotopic (exact) mass is 290 g/mol. The number of nitrogens with zero attached hydrogens (tertiary/aromatic N) is 3. The van der Waals surface area contributed by atoms with Crippen molar-refractivity contribution in [2.24, 2.45) is 0 Å². The van der Waals surface area contributed by atoms with E-state index in [-0.39, 0.29) is 12.5 Å². The summed E-state index contributed by atoms with van der Waals surface area (Å²) in [4.78, 5) is 16.8. The van der Waals surface area contributed by atoms with Crippen LogP contribution in [0.4, 0.5) is 0 Å². The van der Waals surface area contributed by atoms with E-state index in [1.807, 2.05) is 11.4 Å². The van der Waals surface area contributed by atoms with Crippen LogP contribution in [0.5, 0.6) is 0 Å². The van der Waals surface area contributed by atoms with E-state index in [4.69, 9.17) is 5.11 Å². The Morgan fingerprint density at radius 1 is 1.65 bits per heavy atom. The predicted octanol–water partition coefficient (Wildman–Crippen LogP) is 0.561.